The van der Waals surface area contributed by atoms with Crippen LogP contribution >= 0.6 is 9.03 Å². The number of hydrogen-bond acceptors (Lipinski definition) is 11. The maximum atomic E-state index is 11.1. The molecule has 1 atom stereocenters. The molecule has 0 amide bonds. The van der Waals surface area contributed by atoms with E-state index in [1.54, 1.807) is 0 Å². The van der Waals surface area contributed by atoms with E-state index in [4.69, 9.17) is 5.11 Å². The highest BCUT2D eigenvalue weighted by molar-refractivity contribution is 7.28. The highest BCUT2D eigenvalue weighted by Gasteiger charge is 2.22. The van der Waals surface area contributed by atoms with Crippen LogP contribution in [0.3, 0.4) is 0 Å². The predicted octanol–water partition coefficient (Wildman–Crippen LogP) is -1.82. The lowest BCUT2D eigenvalue weighted by atomic mass is 10.7. The highest BCUT2D eigenvalue weighted by atomic mass is 31.1. The van der Waals surface area contributed by atoms with Gasteiger partial charge in [0, 0.05) is 0 Å². The van der Waals surface area contributed by atoms with Crippen LogP contribution in [0.4, 0.5) is 0 Å². The molecule has 0 fully saturated rings. The molecule has 0 saturated heterocycles. The smallest absolute Gasteiger partial charge is 0.425 e. The Morgan fingerprint density at radius 2 is 1.62 bits per heavy atom. The summed E-state index contributed by atoms with van der Waals surface area (Å²) in [4.78, 5) is 63.8. The maximum Gasteiger partial charge on any atom is 0.425 e. The molecule has 21 heavy (non-hydrogen) atoms. The van der Waals surface area contributed by atoms with Crippen molar-refractivity contribution in [2.45, 2.75) is 0 Å². The van der Waals surface area contributed by atoms with E-state index in [2.05, 4.69) is 22.6 Å². The predicted molar refractivity (Wildman–Crippen MR) is 57.3 cm³/mol. The Morgan fingerprint density at radius 1 is 1.00 bits per heavy atom. The van der Waals surface area contributed by atoms with Crippen LogP contribution in [0.25, 0.3) is 0 Å². The average molecular weight is 322 g/mol. The molecule has 1 aromatic heterocycles. The zero-order valence-corrected chi connectivity index (χ0v) is 10.5. The van der Waals surface area contributed by atoms with Crippen LogP contribution in [0.2, 0.25) is 0 Å². The largest absolute Gasteiger partial charge is 0.473 e. The Morgan fingerprint density at radius 3 is 2.19 bits per heavy atom. The number of hydrogen-bond donors (Lipinski definition) is 1. The topological polar surface area (TPSA) is 177 Å². The van der Waals surface area contributed by atoms with Gasteiger partial charge in [-0.25, -0.2) is 28.8 Å². The average Bonchev–Trinajstić information content (AvgIpc) is 2.42. The van der Waals surface area contributed by atoms with E-state index in [0.717, 1.165) is 0 Å². The van der Waals surface area contributed by atoms with E-state index in [-0.39, 0.29) is 0 Å². The molecule has 1 rings (SSSR count). The zero-order chi connectivity index (χ0) is 16.0. The van der Waals surface area contributed by atoms with Gasteiger partial charge >= 0.3 is 41.1 Å². The van der Waals surface area contributed by atoms with Gasteiger partial charge in [0.15, 0.2) is 6.26 Å². The van der Waals surface area contributed by atoms with Crippen molar-refractivity contribution < 1.29 is 46.9 Å². The van der Waals surface area contributed by atoms with Crippen molar-refractivity contribution >= 4 is 32.9 Å². The van der Waals surface area contributed by atoms with Crippen molar-refractivity contribution in [3.63, 3.8) is 0 Å². The molecule has 0 aromatic carbocycles. The first-order valence-electron chi connectivity index (χ1n) is 4.56. The van der Waals surface area contributed by atoms with E-state index in [0.29, 0.717) is 6.26 Å². The second-order valence-corrected chi connectivity index (χ2v) is 3.36. The fourth-order valence-corrected chi connectivity index (χ4v) is 1.03. The molecule has 0 radical (unpaired) electrons. The first-order chi connectivity index (χ1) is 9.81. The lowest BCUT2D eigenvalue weighted by molar-refractivity contribution is -0.159. The molecule has 0 aliphatic carbocycles. The lowest BCUT2D eigenvalue weighted by Crippen LogP contribution is -2.24. The molecule has 1 unspecified atom stereocenters. The van der Waals surface area contributed by atoms with Crippen molar-refractivity contribution in [1.82, 2.24) is 0 Å². The van der Waals surface area contributed by atoms with E-state index in [9.17, 15) is 28.8 Å². The summed E-state index contributed by atoms with van der Waals surface area (Å²) in [5.41, 5.74) is -2.84. The fraction of sp³-hybridized carbons (Fsp3) is 0. The molecular formula is C8H3O12P. The molecule has 1 aromatic rings. The van der Waals surface area contributed by atoms with Crippen LogP contribution in [0.1, 0.15) is 0 Å². The van der Waals surface area contributed by atoms with Gasteiger partial charge in [-0.3, -0.25) is 0 Å². The summed E-state index contributed by atoms with van der Waals surface area (Å²) < 4.78 is 20.3. The number of carbonyl (C=O) groups is 4. The minimum Gasteiger partial charge on any atom is -0.473 e. The van der Waals surface area contributed by atoms with Gasteiger partial charge in [-0.1, -0.05) is 0 Å². The van der Waals surface area contributed by atoms with Gasteiger partial charge in [0.2, 0.25) is 0 Å². The van der Waals surface area contributed by atoms with Gasteiger partial charge in [-0.05, 0) is 0 Å². The van der Waals surface area contributed by atoms with Gasteiger partial charge in [0.1, 0.15) is 0 Å². The zero-order valence-electron chi connectivity index (χ0n) is 9.52. The van der Waals surface area contributed by atoms with Crippen LogP contribution < -0.4 is 16.0 Å². The Hall–Kier alpha value is -3.01. The molecule has 112 valence electrons. The third-order valence-electron chi connectivity index (χ3n) is 1.43. The van der Waals surface area contributed by atoms with Gasteiger partial charge in [0.25, 0.3) is 9.03 Å². The highest BCUT2D eigenvalue weighted by Crippen LogP contribution is 2.15. The fourth-order valence-electron chi connectivity index (χ4n) is 0.667. The first-order valence-corrected chi connectivity index (χ1v) is 5.38. The van der Waals surface area contributed by atoms with Crippen LogP contribution in [0.5, 0.6) is 5.95 Å². The van der Waals surface area contributed by atoms with Crippen molar-refractivity contribution in [2.24, 2.45) is 0 Å². The third-order valence-corrected chi connectivity index (χ3v) is 1.96. The molecule has 0 saturated carbocycles. The lowest BCUT2D eigenvalue weighted by Gasteiger charge is -2.02. The van der Waals surface area contributed by atoms with Gasteiger partial charge < -0.3 is 27.7 Å². The summed E-state index contributed by atoms with van der Waals surface area (Å²) in [6.07, 6.45) is 0.446. The summed E-state index contributed by atoms with van der Waals surface area (Å²) in [6.45, 7) is 0. The first kappa shape index (κ1) is 16.0. The Bertz CT molecular complexity index is 696. The SMILES string of the molecule is O=C(O)C(=O)OPOC(=O)C(=O)Oc1coc(=O)c(=O)o1. The minimum atomic E-state index is -1.93. The number of aliphatic carboxylic acids is 1. The van der Waals surface area contributed by atoms with Crippen molar-refractivity contribution in [2.75, 3.05) is 0 Å². The van der Waals surface area contributed by atoms with Crippen LogP contribution in [-0.2, 0) is 28.2 Å². The van der Waals surface area contributed by atoms with Gasteiger partial charge in [-0.2, -0.15) is 0 Å². The van der Waals surface area contributed by atoms with Crippen molar-refractivity contribution in [3.05, 3.63) is 27.1 Å². The monoisotopic (exact) mass is 322 g/mol. The summed E-state index contributed by atoms with van der Waals surface area (Å²) >= 11 is 0. The number of carboxylic acid groups (broad SMARTS) is 1. The molecule has 1 heterocycles. The Labute approximate surface area is 114 Å². The molecule has 0 aliphatic rings. The van der Waals surface area contributed by atoms with E-state index < -0.39 is 50.1 Å². The number of carbonyl (C=O) groups excluding carboxylic acids is 3. The quantitative estimate of drug-likeness (QED) is 0.375. The molecular weight excluding hydrogens is 319 g/mol. The summed E-state index contributed by atoms with van der Waals surface area (Å²) in [5.74, 6) is -7.91. The summed E-state index contributed by atoms with van der Waals surface area (Å²) in [7, 11) is -1.41. The summed E-state index contributed by atoms with van der Waals surface area (Å²) in [5, 5.41) is 8.12. The van der Waals surface area contributed by atoms with E-state index in [1.807, 2.05) is 0 Å². The van der Waals surface area contributed by atoms with Gasteiger partial charge in [0.05, 0.1) is 0 Å². The number of ether oxygens (including phenoxy) is 1. The Balaban J connectivity index is 2.51. The molecule has 12 nitrogen and oxygen atoms in total. The molecule has 0 spiro atoms. The van der Waals surface area contributed by atoms with Crippen LogP contribution in [-0.4, -0.2) is 29.0 Å². The third kappa shape index (κ3) is 4.87. The molecule has 0 bridgehead atoms. The van der Waals surface area contributed by atoms with E-state index in [1.165, 1.54) is 0 Å². The van der Waals surface area contributed by atoms with Crippen molar-refractivity contribution in [1.29, 1.82) is 0 Å². The van der Waals surface area contributed by atoms with Gasteiger partial charge in [-0.15, -0.1) is 0 Å². The van der Waals surface area contributed by atoms with E-state index >= 15 is 0 Å². The van der Waals surface area contributed by atoms with Crippen molar-refractivity contribution in [3.8, 4) is 5.95 Å². The molecule has 13 heteroatoms. The molecule has 0 aliphatic heterocycles. The number of rotatable bonds is 3. The second kappa shape index (κ2) is 6.96. The maximum absolute atomic E-state index is 11.1. The second-order valence-electron chi connectivity index (χ2n) is 2.79. The molecule has 1 N–H and O–H groups in total. The van der Waals surface area contributed by atoms with Crippen LogP contribution in [0, 0.1) is 0 Å². The minimum absolute atomic E-state index is 0.446. The summed E-state index contributed by atoms with van der Waals surface area (Å²) in [6, 6.07) is 0. The number of carboxylic acids is 1. The Kier molecular flexibility index (Phi) is 5.31. The normalized spacial score (nSPS) is 10.1. The van der Waals surface area contributed by atoms with Crippen LogP contribution in [0.15, 0.2) is 24.7 Å². The standard InChI is InChI=1S/C8H3O12P/c9-3(10)4(11)19-21-20-8(15)7(14)18-2-1-16-5(12)6(13)17-2/h1,21H,(H,9,10). The number of esters is 1.